The van der Waals surface area contributed by atoms with Gasteiger partial charge in [0.1, 0.15) is 6.33 Å². The van der Waals surface area contributed by atoms with E-state index in [4.69, 9.17) is 0 Å². The summed E-state index contributed by atoms with van der Waals surface area (Å²) in [6.45, 7) is 0.742. The Labute approximate surface area is 107 Å². The van der Waals surface area contributed by atoms with Crippen molar-refractivity contribution in [1.82, 2.24) is 14.5 Å². The van der Waals surface area contributed by atoms with Crippen LogP contribution in [0.25, 0.3) is 0 Å². The van der Waals surface area contributed by atoms with E-state index in [1.54, 1.807) is 17.3 Å². The van der Waals surface area contributed by atoms with Gasteiger partial charge in [0.15, 0.2) is 0 Å². The van der Waals surface area contributed by atoms with Crippen molar-refractivity contribution in [3.05, 3.63) is 54.6 Å². The van der Waals surface area contributed by atoms with Gasteiger partial charge < -0.3 is 4.90 Å². The molecule has 1 aromatic carbocycles. The van der Waals surface area contributed by atoms with Crippen LogP contribution in [-0.4, -0.2) is 34.1 Å². The van der Waals surface area contributed by atoms with Crippen molar-refractivity contribution >= 4 is 6.03 Å². The first-order valence-corrected chi connectivity index (χ1v) is 6.05. The highest BCUT2D eigenvalue weighted by Gasteiger charge is 2.09. The number of rotatable bonds is 4. The van der Waals surface area contributed by atoms with Crippen molar-refractivity contribution in [3.8, 4) is 0 Å². The summed E-state index contributed by atoms with van der Waals surface area (Å²) in [6.07, 6.45) is 6.74. The Hall–Kier alpha value is -2.10. The summed E-state index contributed by atoms with van der Waals surface area (Å²) in [5, 5.41) is 0. The monoisotopic (exact) mass is 243 g/mol. The molecule has 0 atom stereocenters. The van der Waals surface area contributed by atoms with Gasteiger partial charge in [-0.05, 0) is 18.4 Å². The van der Waals surface area contributed by atoms with E-state index in [-0.39, 0.29) is 6.03 Å². The summed E-state index contributed by atoms with van der Waals surface area (Å²) in [5.41, 5.74) is 1.31. The molecular formula is C14H17N3O. The number of aromatic nitrogens is 2. The number of imidazole rings is 1. The Kier molecular flexibility index (Phi) is 4.12. The van der Waals surface area contributed by atoms with Crippen LogP contribution in [0, 0.1) is 0 Å². The Morgan fingerprint density at radius 3 is 2.78 bits per heavy atom. The number of benzene rings is 1. The number of aryl methyl sites for hydroxylation is 1. The van der Waals surface area contributed by atoms with Gasteiger partial charge in [0.25, 0.3) is 0 Å². The molecule has 0 aliphatic carbocycles. The fourth-order valence-electron chi connectivity index (χ4n) is 1.83. The third-order valence-corrected chi connectivity index (χ3v) is 2.85. The van der Waals surface area contributed by atoms with E-state index in [9.17, 15) is 4.79 Å². The first-order chi connectivity index (χ1) is 8.77. The zero-order chi connectivity index (χ0) is 12.8. The van der Waals surface area contributed by atoms with Gasteiger partial charge in [-0.15, -0.1) is 0 Å². The van der Waals surface area contributed by atoms with Crippen molar-refractivity contribution in [2.45, 2.75) is 12.8 Å². The summed E-state index contributed by atoms with van der Waals surface area (Å²) in [4.78, 5) is 17.5. The van der Waals surface area contributed by atoms with Crippen molar-refractivity contribution < 1.29 is 4.79 Å². The van der Waals surface area contributed by atoms with Gasteiger partial charge in [0.05, 0.1) is 0 Å². The minimum atomic E-state index is -0.0411. The maximum Gasteiger partial charge on any atom is 0.329 e. The molecule has 1 heterocycles. The van der Waals surface area contributed by atoms with Gasteiger partial charge in [-0.2, -0.15) is 0 Å². The molecule has 0 saturated heterocycles. The predicted octanol–water partition coefficient (Wildman–Crippen LogP) is 2.42. The minimum Gasteiger partial charge on any atom is -0.327 e. The molecule has 0 aliphatic heterocycles. The van der Waals surface area contributed by atoms with Gasteiger partial charge in [-0.3, -0.25) is 4.57 Å². The topological polar surface area (TPSA) is 38.1 Å². The van der Waals surface area contributed by atoms with E-state index >= 15 is 0 Å². The molecule has 0 aliphatic rings. The second-order valence-electron chi connectivity index (χ2n) is 4.26. The van der Waals surface area contributed by atoms with Gasteiger partial charge >= 0.3 is 6.03 Å². The fourth-order valence-corrected chi connectivity index (χ4v) is 1.83. The molecule has 18 heavy (non-hydrogen) atoms. The van der Waals surface area contributed by atoms with Crippen molar-refractivity contribution in [2.75, 3.05) is 13.6 Å². The number of carbonyl (C=O) groups is 1. The lowest BCUT2D eigenvalue weighted by Gasteiger charge is -2.16. The molecule has 4 heteroatoms. The Balaban J connectivity index is 1.79. The fraction of sp³-hybridized carbons (Fsp3) is 0.286. The highest BCUT2D eigenvalue weighted by Crippen LogP contribution is 2.03. The van der Waals surface area contributed by atoms with Crippen molar-refractivity contribution in [2.24, 2.45) is 0 Å². The van der Waals surface area contributed by atoms with Gasteiger partial charge in [0.2, 0.25) is 0 Å². The zero-order valence-corrected chi connectivity index (χ0v) is 10.5. The molecule has 2 rings (SSSR count). The summed E-state index contributed by atoms with van der Waals surface area (Å²) >= 11 is 0. The number of hydrogen-bond donors (Lipinski definition) is 0. The van der Waals surface area contributed by atoms with Crippen LogP contribution in [0.1, 0.15) is 12.0 Å². The molecule has 0 spiro atoms. The van der Waals surface area contributed by atoms with E-state index < -0.39 is 0 Å². The third-order valence-electron chi connectivity index (χ3n) is 2.85. The molecule has 0 unspecified atom stereocenters. The molecule has 4 nitrogen and oxygen atoms in total. The van der Waals surface area contributed by atoms with Gasteiger partial charge in [-0.25, -0.2) is 9.78 Å². The average Bonchev–Trinajstić information content (AvgIpc) is 2.93. The second kappa shape index (κ2) is 6.00. The lowest BCUT2D eigenvalue weighted by Crippen LogP contribution is -2.31. The van der Waals surface area contributed by atoms with E-state index in [2.05, 4.69) is 17.1 Å². The first kappa shape index (κ1) is 12.4. The number of amides is 1. The molecular weight excluding hydrogens is 226 g/mol. The molecule has 0 N–H and O–H groups in total. The Morgan fingerprint density at radius 1 is 1.33 bits per heavy atom. The lowest BCUT2D eigenvalue weighted by molar-refractivity contribution is 0.210. The standard InChI is InChI=1S/C14H17N3O/c1-16(14(18)17-11-9-15-12-17)10-5-8-13-6-3-2-4-7-13/h2-4,6-7,9,11-12H,5,8,10H2,1H3. The number of carbonyl (C=O) groups excluding carboxylic acids is 1. The van der Waals surface area contributed by atoms with E-state index in [1.807, 2.05) is 25.2 Å². The van der Waals surface area contributed by atoms with E-state index in [0.29, 0.717) is 0 Å². The quantitative estimate of drug-likeness (QED) is 0.827. The van der Waals surface area contributed by atoms with Gasteiger partial charge in [0, 0.05) is 26.0 Å². The molecule has 94 valence electrons. The zero-order valence-electron chi connectivity index (χ0n) is 10.5. The molecule has 0 radical (unpaired) electrons. The maximum absolute atomic E-state index is 11.9. The van der Waals surface area contributed by atoms with E-state index in [1.165, 1.54) is 16.5 Å². The predicted molar refractivity (Wildman–Crippen MR) is 70.4 cm³/mol. The van der Waals surface area contributed by atoms with Crippen molar-refractivity contribution in [3.63, 3.8) is 0 Å². The second-order valence-corrected chi connectivity index (χ2v) is 4.26. The van der Waals surface area contributed by atoms with Crippen LogP contribution < -0.4 is 0 Å². The van der Waals surface area contributed by atoms with Crippen LogP contribution in [0.5, 0.6) is 0 Å². The Bertz CT molecular complexity index is 479. The minimum absolute atomic E-state index is 0.0411. The summed E-state index contributed by atoms with van der Waals surface area (Å²) < 4.78 is 1.49. The highest BCUT2D eigenvalue weighted by atomic mass is 16.2. The van der Waals surface area contributed by atoms with E-state index in [0.717, 1.165) is 19.4 Å². The lowest BCUT2D eigenvalue weighted by atomic mass is 10.1. The maximum atomic E-state index is 11.9. The van der Waals surface area contributed by atoms with Crippen LogP contribution in [0.3, 0.4) is 0 Å². The summed E-state index contributed by atoms with van der Waals surface area (Å²) in [5.74, 6) is 0. The largest absolute Gasteiger partial charge is 0.329 e. The highest BCUT2D eigenvalue weighted by molar-refractivity contribution is 5.76. The van der Waals surface area contributed by atoms with Crippen LogP contribution in [0.4, 0.5) is 4.79 Å². The SMILES string of the molecule is CN(CCCc1ccccc1)C(=O)n1ccnc1. The van der Waals surface area contributed by atoms with Crippen molar-refractivity contribution in [1.29, 1.82) is 0 Å². The molecule has 0 saturated carbocycles. The van der Waals surface area contributed by atoms with Crippen LogP contribution in [0.2, 0.25) is 0 Å². The summed E-state index contributed by atoms with van der Waals surface area (Å²) in [6, 6.07) is 10.3. The third kappa shape index (κ3) is 3.20. The molecule has 1 aromatic heterocycles. The van der Waals surface area contributed by atoms with Crippen LogP contribution >= 0.6 is 0 Å². The smallest absolute Gasteiger partial charge is 0.327 e. The molecule has 2 aromatic rings. The molecule has 0 fully saturated rings. The molecule has 1 amide bonds. The van der Waals surface area contributed by atoms with Crippen LogP contribution in [-0.2, 0) is 6.42 Å². The first-order valence-electron chi connectivity index (χ1n) is 6.05. The van der Waals surface area contributed by atoms with Crippen LogP contribution in [0.15, 0.2) is 49.1 Å². The Morgan fingerprint density at radius 2 is 2.11 bits per heavy atom. The average molecular weight is 243 g/mol. The normalized spacial score (nSPS) is 10.3. The van der Waals surface area contributed by atoms with Gasteiger partial charge in [-0.1, -0.05) is 30.3 Å². The molecule has 0 bridgehead atoms. The number of nitrogens with zero attached hydrogens (tertiary/aromatic N) is 3. The number of hydrogen-bond acceptors (Lipinski definition) is 2. The summed E-state index contributed by atoms with van der Waals surface area (Å²) in [7, 11) is 1.81.